The number of phenols is 1. The molecule has 6 nitrogen and oxygen atoms in total. The number of carbonyl (C=O) groups is 1. The summed E-state index contributed by atoms with van der Waals surface area (Å²) in [6.07, 6.45) is 1.11. The highest BCUT2D eigenvalue weighted by atomic mass is 16.5. The minimum absolute atomic E-state index is 0.0660. The van der Waals surface area contributed by atoms with Crippen molar-refractivity contribution in [3.05, 3.63) is 42.0 Å². The van der Waals surface area contributed by atoms with Crippen LogP contribution in [0, 0.1) is 0 Å². The van der Waals surface area contributed by atoms with Crippen molar-refractivity contribution in [2.75, 3.05) is 39.4 Å². The Labute approximate surface area is 141 Å². The summed E-state index contributed by atoms with van der Waals surface area (Å²) in [5, 5.41) is 19.8. The molecular formula is C18H24N2O4. The molecule has 0 spiro atoms. The van der Waals surface area contributed by atoms with Gasteiger partial charge in [0.25, 0.3) is 0 Å². The van der Waals surface area contributed by atoms with Crippen LogP contribution in [0.4, 0.5) is 0 Å². The summed E-state index contributed by atoms with van der Waals surface area (Å²) in [5.74, 6) is -1.32. The van der Waals surface area contributed by atoms with Crippen molar-refractivity contribution < 1.29 is 19.7 Å². The third kappa shape index (κ3) is 5.19. The lowest BCUT2D eigenvalue weighted by Crippen LogP contribution is -2.37. The number of ether oxygens (including phenoxy) is 1. The fourth-order valence-electron chi connectivity index (χ4n) is 2.54. The van der Waals surface area contributed by atoms with Crippen molar-refractivity contribution in [3.63, 3.8) is 0 Å². The average Bonchev–Trinajstić information content (AvgIpc) is 2.60. The number of hydrogen-bond donors (Lipinski definition) is 3. The van der Waals surface area contributed by atoms with E-state index in [9.17, 15) is 9.90 Å². The molecule has 1 aliphatic heterocycles. The fraction of sp³-hybridized carbons (Fsp3) is 0.389. The largest absolute Gasteiger partial charge is 0.507 e. The lowest BCUT2D eigenvalue weighted by Gasteiger charge is -2.26. The summed E-state index contributed by atoms with van der Waals surface area (Å²) in [4.78, 5) is 13.1. The molecule has 3 rings (SSSR count). The first-order chi connectivity index (χ1) is 11.6. The molecule has 0 atom stereocenters. The van der Waals surface area contributed by atoms with Crippen LogP contribution in [-0.2, 0) is 4.74 Å². The molecule has 0 aliphatic carbocycles. The van der Waals surface area contributed by atoms with E-state index < -0.39 is 5.97 Å². The molecule has 0 bridgehead atoms. The normalized spacial score (nSPS) is 14.9. The van der Waals surface area contributed by atoms with Gasteiger partial charge in [0.05, 0.1) is 13.2 Å². The summed E-state index contributed by atoms with van der Waals surface area (Å²) < 4.78 is 5.21. The molecule has 6 heteroatoms. The van der Waals surface area contributed by atoms with Crippen LogP contribution in [-0.4, -0.2) is 60.5 Å². The predicted molar refractivity (Wildman–Crippen MR) is 93.5 cm³/mol. The summed E-state index contributed by atoms with van der Waals surface area (Å²) in [6.45, 7) is 5.90. The maximum absolute atomic E-state index is 10.7. The highest BCUT2D eigenvalue weighted by molar-refractivity contribution is 5.97. The van der Waals surface area contributed by atoms with Gasteiger partial charge in [-0.2, -0.15) is 0 Å². The van der Waals surface area contributed by atoms with Crippen molar-refractivity contribution in [1.29, 1.82) is 0 Å². The number of fused-ring (bicyclic) bond motifs is 1. The van der Waals surface area contributed by atoms with Gasteiger partial charge in [0.2, 0.25) is 0 Å². The second-order valence-corrected chi connectivity index (χ2v) is 5.62. The number of rotatable bonds is 4. The van der Waals surface area contributed by atoms with E-state index in [1.165, 1.54) is 12.1 Å². The van der Waals surface area contributed by atoms with Crippen LogP contribution in [0.3, 0.4) is 0 Å². The molecule has 2 aromatic rings. The smallest absolute Gasteiger partial charge is 0.339 e. The summed E-state index contributed by atoms with van der Waals surface area (Å²) in [5.41, 5.74) is 5.32. The van der Waals surface area contributed by atoms with Crippen molar-refractivity contribution in [1.82, 2.24) is 4.90 Å². The van der Waals surface area contributed by atoms with Crippen LogP contribution < -0.4 is 5.73 Å². The van der Waals surface area contributed by atoms with Crippen LogP contribution in [0.2, 0.25) is 0 Å². The molecule has 2 aromatic carbocycles. The number of carboxylic acids is 1. The van der Waals surface area contributed by atoms with E-state index in [-0.39, 0.29) is 11.3 Å². The topological polar surface area (TPSA) is 96.0 Å². The predicted octanol–water partition coefficient (Wildman–Crippen LogP) is 1.91. The maximum Gasteiger partial charge on any atom is 0.339 e. The van der Waals surface area contributed by atoms with E-state index in [2.05, 4.69) is 4.90 Å². The minimum Gasteiger partial charge on any atom is -0.507 e. The maximum atomic E-state index is 10.7. The molecule has 0 unspecified atom stereocenters. The number of hydrogen-bond acceptors (Lipinski definition) is 5. The van der Waals surface area contributed by atoms with Gasteiger partial charge in [-0.3, -0.25) is 4.90 Å². The number of aromatic carboxylic acids is 1. The lowest BCUT2D eigenvalue weighted by molar-refractivity contribution is 0.0377. The SMILES string of the molecule is NCCCN1CCOCC1.O=C(O)c1cc2ccccc2cc1O. The van der Waals surface area contributed by atoms with Crippen LogP contribution in [0.5, 0.6) is 5.75 Å². The Kier molecular flexibility index (Phi) is 6.99. The summed E-state index contributed by atoms with van der Waals surface area (Å²) in [6, 6.07) is 10.2. The summed E-state index contributed by atoms with van der Waals surface area (Å²) in [7, 11) is 0. The number of carboxylic acid groups (broad SMARTS) is 1. The van der Waals surface area contributed by atoms with Gasteiger partial charge in [0, 0.05) is 13.1 Å². The van der Waals surface area contributed by atoms with Gasteiger partial charge in [0.15, 0.2) is 0 Å². The molecule has 0 aromatic heterocycles. The van der Waals surface area contributed by atoms with Crippen molar-refractivity contribution in [2.45, 2.75) is 6.42 Å². The lowest BCUT2D eigenvalue weighted by atomic mass is 10.1. The van der Waals surface area contributed by atoms with Gasteiger partial charge in [-0.15, -0.1) is 0 Å². The third-order valence-corrected chi connectivity index (χ3v) is 3.88. The number of benzene rings is 2. The number of nitrogens with zero attached hydrogens (tertiary/aromatic N) is 1. The van der Waals surface area contributed by atoms with Crippen LogP contribution in [0.15, 0.2) is 36.4 Å². The number of morpholine rings is 1. The summed E-state index contributed by atoms with van der Waals surface area (Å²) >= 11 is 0. The van der Waals surface area contributed by atoms with E-state index in [0.29, 0.717) is 0 Å². The molecule has 0 amide bonds. The highest BCUT2D eigenvalue weighted by Crippen LogP contribution is 2.24. The first-order valence-electron chi connectivity index (χ1n) is 8.07. The van der Waals surface area contributed by atoms with E-state index in [4.69, 9.17) is 15.6 Å². The molecule has 130 valence electrons. The average molecular weight is 332 g/mol. The Morgan fingerprint density at radius 1 is 1.17 bits per heavy atom. The van der Waals surface area contributed by atoms with Gasteiger partial charge >= 0.3 is 5.97 Å². The molecule has 1 heterocycles. The van der Waals surface area contributed by atoms with Crippen LogP contribution in [0.25, 0.3) is 10.8 Å². The zero-order valence-corrected chi connectivity index (χ0v) is 13.6. The first-order valence-corrected chi connectivity index (χ1v) is 8.07. The molecule has 1 fully saturated rings. The third-order valence-electron chi connectivity index (χ3n) is 3.88. The standard InChI is InChI=1S/C11H8O3.C7H16N2O/c12-10-6-8-4-2-1-3-7(8)5-9(10)11(13)14;8-2-1-3-9-4-6-10-7-5-9/h1-6,12H,(H,13,14);1-8H2. The molecular weight excluding hydrogens is 308 g/mol. The first kappa shape index (κ1) is 18.2. The van der Waals surface area contributed by atoms with Crippen LogP contribution >= 0.6 is 0 Å². The van der Waals surface area contributed by atoms with Gasteiger partial charge in [-0.25, -0.2) is 4.79 Å². The Bertz CT molecular complexity index is 669. The molecule has 1 saturated heterocycles. The van der Waals surface area contributed by atoms with Crippen molar-refractivity contribution in [2.24, 2.45) is 5.73 Å². The highest BCUT2D eigenvalue weighted by Gasteiger charge is 2.10. The van der Waals surface area contributed by atoms with E-state index in [0.717, 1.165) is 56.6 Å². The molecule has 4 N–H and O–H groups in total. The monoisotopic (exact) mass is 332 g/mol. The van der Waals surface area contributed by atoms with Crippen LogP contribution in [0.1, 0.15) is 16.8 Å². The number of aromatic hydroxyl groups is 1. The zero-order chi connectivity index (χ0) is 17.4. The molecule has 0 saturated carbocycles. The quantitative estimate of drug-likeness (QED) is 0.791. The Morgan fingerprint density at radius 3 is 2.38 bits per heavy atom. The number of nitrogens with two attached hydrogens (primary N) is 1. The minimum atomic E-state index is -1.12. The second kappa shape index (κ2) is 9.22. The molecule has 24 heavy (non-hydrogen) atoms. The molecule has 0 radical (unpaired) electrons. The van der Waals surface area contributed by atoms with E-state index in [1.54, 1.807) is 6.07 Å². The van der Waals surface area contributed by atoms with Gasteiger partial charge in [-0.1, -0.05) is 24.3 Å². The van der Waals surface area contributed by atoms with E-state index in [1.807, 2.05) is 18.2 Å². The van der Waals surface area contributed by atoms with Crippen molar-refractivity contribution >= 4 is 16.7 Å². The van der Waals surface area contributed by atoms with E-state index >= 15 is 0 Å². The zero-order valence-electron chi connectivity index (χ0n) is 13.6. The van der Waals surface area contributed by atoms with Gasteiger partial charge in [-0.05, 0) is 42.4 Å². The fourth-order valence-corrected chi connectivity index (χ4v) is 2.54. The van der Waals surface area contributed by atoms with Gasteiger partial charge in [0.1, 0.15) is 11.3 Å². The Hall–Kier alpha value is -2.15. The second-order valence-electron chi connectivity index (χ2n) is 5.62. The Balaban J connectivity index is 0.000000185. The Morgan fingerprint density at radius 2 is 1.79 bits per heavy atom. The van der Waals surface area contributed by atoms with Crippen molar-refractivity contribution in [3.8, 4) is 5.75 Å². The molecule has 1 aliphatic rings. The van der Waals surface area contributed by atoms with Gasteiger partial charge < -0.3 is 20.7 Å².